The fourth-order valence-corrected chi connectivity index (χ4v) is 2.74. The van der Waals surface area contributed by atoms with Crippen LogP contribution < -0.4 is 15.2 Å². The number of aromatic nitrogens is 2. The van der Waals surface area contributed by atoms with Crippen LogP contribution in [-0.4, -0.2) is 30.2 Å². The van der Waals surface area contributed by atoms with Gasteiger partial charge in [0.1, 0.15) is 5.52 Å². The Balaban J connectivity index is 2.03. The molecule has 25 heavy (non-hydrogen) atoms. The molecule has 2 aromatic heterocycles. The lowest BCUT2D eigenvalue weighted by Crippen LogP contribution is -2.11. The van der Waals surface area contributed by atoms with E-state index in [9.17, 15) is 17.6 Å². The number of carbonyl (C=O) groups is 1. The number of nitrogens with zero attached hydrogens (tertiary/aromatic N) is 2. The van der Waals surface area contributed by atoms with Crippen molar-refractivity contribution in [2.45, 2.75) is 0 Å². The minimum Gasteiger partial charge on any atom is -0.452 e. The van der Waals surface area contributed by atoms with Gasteiger partial charge in [-0.25, -0.2) is 17.3 Å². The summed E-state index contributed by atoms with van der Waals surface area (Å²) in [5.74, 6) is -1.51. The van der Waals surface area contributed by atoms with Crippen molar-refractivity contribution in [1.82, 2.24) is 9.61 Å². The zero-order valence-electron chi connectivity index (χ0n) is 12.9. The van der Waals surface area contributed by atoms with Crippen molar-refractivity contribution in [1.29, 1.82) is 0 Å². The van der Waals surface area contributed by atoms with Crippen molar-refractivity contribution in [2.24, 2.45) is 5.73 Å². The largest absolute Gasteiger partial charge is 0.452 e. The number of ether oxygens (including phenoxy) is 1. The molecule has 3 N–H and O–H groups in total. The predicted molar refractivity (Wildman–Crippen MR) is 88.7 cm³/mol. The molecule has 130 valence electrons. The number of anilines is 1. The summed E-state index contributed by atoms with van der Waals surface area (Å²) in [7, 11) is -3.51. The molecule has 1 amide bonds. The van der Waals surface area contributed by atoms with E-state index in [0.29, 0.717) is 5.52 Å². The maximum atomic E-state index is 14.1. The average Bonchev–Trinajstić information content (AvgIpc) is 2.95. The van der Waals surface area contributed by atoms with Crippen molar-refractivity contribution < 1.29 is 22.3 Å². The van der Waals surface area contributed by atoms with Gasteiger partial charge in [0.25, 0.3) is 0 Å². The molecule has 0 aliphatic rings. The third-order valence-electron chi connectivity index (χ3n) is 3.21. The minimum absolute atomic E-state index is 0.00634. The molecular formula is C15H13FN4O4S. The first-order valence-electron chi connectivity index (χ1n) is 6.95. The molecule has 8 nitrogen and oxygen atoms in total. The molecule has 0 unspecified atom stereocenters. The lowest BCUT2D eigenvalue weighted by atomic mass is 10.2. The van der Waals surface area contributed by atoms with Crippen LogP contribution in [0.25, 0.3) is 5.52 Å². The van der Waals surface area contributed by atoms with E-state index < -0.39 is 21.7 Å². The van der Waals surface area contributed by atoms with Gasteiger partial charge in [0, 0.05) is 11.6 Å². The first-order chi connectivity index (χ1) is 11.7. The van der Waals surface area contributed by atoms with Crippen LogP contribution in [0.1, 0.15) is 10.4 Å². The Hall–Kier alpha value is -3.14. The summed E-state index contributed by atoms with van der Waals surface area (Å²) in [5.41, 5.74) is 5.80. The van der Waals surface area contributed by atoms with E-state index in [1.165, 1.54) is 35.1 Å². The summed E-state index contributed by atoms with van der Waals surface area (Å²) in [6.07, 6.45) is 3.94. The number of benzene rings is 1. The number of nitrogens with one attached hydrogen (secondary N) is 1. The zero-order valence-corrected chi connectivity index (χ0v) is 13.7. The van der Waals surface area contributed by atoms with Gasteiger partial charge in [0.15, 0.2) is 17.3 Å². The SMILES string of the molecule is CS(=O)(=O)Nc1cc(Oc2ccc(C(N)=O)cc2F)c2ccnn2c1. The number of hydrogen-bond donors (Lipinski definition) is 2. The number of hydrogen-bond acceptors (Lipinski definition) is 5. The third-order valence-corrected chi connectivity index (χ3v) is 3.82. The molecule has 2 heterocycles. The highest BCUT2D eigenvalue weighted by Crippen LogP contribution is 2.31. The summed E-state index contributed by atoms with van der Waals surface area (Å²) in [6.45, 7) is 0. The predicted octanol–water partition coefficient (Wildman–Crippen LogP) is 1.74. The first-order valence-corrected chi connectivity index (χ1v) is 8.84. The molecule has 0 saturated heterocycles. The standard InChI is InChI=1S/C15H13FN4O4S/c1-25(22,23)19-10-7-14(12-4-5-18-20(12)8-10)24-13-3-2-9(15(17)21)6-11(13)16/h2-8,19H,1H3,(H2,17,21). The Morgan fingerprint density at radius 3 is 2.68 bits per heavy atom. The molecule has 0 spiro atoms. The molecule has 3 rings (SSSR count). The second-order valence-electron chi connectivity index (χ2n) is 5.24. The van der Waals surface area contributed by atoms with Crippen LogP contribution in [0.5, 0.6) is 11.5 Å². The van der Waals surface area contributed by atoms with Crippen LogP contribution in [0.4, 0.5) is 10.1 Å². The highest BCUT2D eigenvalue weighted by Gasteiger charge is 2.13. The van der Waals surface area contributed by atoms with Crippen LogP contribution in [0.2, 0.25) is 0 Å². The summed E-state index contributed by atoms with van der Waals surface area (Å²) in [4.78, 5) is 11.1. The number of pyridine rings is 1. The molecule has 0 bridgehead atoms. The number of carbonyl (C=O) groups excluding carboxylic acids is 1. The third kappa shape index (κ3) is 3.69. The van der Waals surface area contributed by atoms with E-state index in [0.717, 1.165) is 12.3 Å². The molecule has 0 saturated carbocycles. The number of sulfonamides is 1. The average molecular weight is 364 g/mol. The fourth-order valence-electron chi connectivity index (χ4n) is 2.20. The van der Waals surface area contributed by atoms with Gasteiger partial charge in [-0.15, -0.1) is 0 Å². The molecule has 0 aliphatic heterocycles. The van der Waals surface area contributed by atoms with Crippen LogP contribution in [0.3, 0.4) is 0 Å². The molecular weight excluding hydrogens is 351 g/mol. The summed E-state index contributed by atoms with van der Waals surface area (Å²) in [6, 6.07) is 6.57. The number of rotatable bonds is 5. The van der Waals surface area contributed by atoms with Crippen molar-refractivity contribution in [2.75, 3.05) is 11.0 Å². The normalized spacial score (nSPS) is 11.4. The lowest BCUT2D eigenvalue weighted by Gasteiger charge is -2.11. The Labute approximate surface area is 142 Å². The van der Waals surface area contributed by atoms with E-state index in [1.807, 2.05) is 0 Å². The Morgan fingerprint density at radius 2 is 2.04 bits per heavy atom. The van der Waals surface area contributed by atoms with Crippen LogP contribution in [0.15, 0.2) is 42.7 Å². The number of nitrogens with two attached hydrogens (primary N) is 1. The van der Waals surface area contributed by atoms with Crippen molar-refractivity contribution >= 4 is 27.1 Å². The molecule has 1 aromatic carbocycles. The summed E-state index contributed by atoms with van der Waals surface area (Å²) >= 11 is 0. The molecule has 0 radical (unpaired) electrons. The van der Waals surface area contributed by atoms with E-state index >= 15 is 0 Å². The number of halogens is 1. The van der Waals surface area contributed by atoms with E-state index in [4.69, 9.17) is 10.5 Å². The fraction of sp³-hybridized carbons (Fsp3) is 0.0667. The smallest absolute Gasteiger partial charge is 0.248 e. The van der Waals surface area contributed by atoms with Crippen LogP contribution in [-0.2, 0) is 10.0 Å². The van der Waals surface area contributed by atoms with Crippen molar-refractivity contribution in [3.63, 3.8) is 0 Å². The minimum atomic E-state index is -3.51. The highest BCUT2D eigenvalue weighted by molar-refractivity contribution is 7.92. The van der Waals surface area contributed by atoms with Gasteiger partial charge >= 0.3 is 0 Å². The van der Waals surface area contributed by atoms with E-state index in [2.05, 4.69) is 9.82 Å². The van der Waals surface area contributed by atoms with Gasteiger partial charge in [-0.05, 0) is 24.3 Å². The van der Waals surface area contributed by atoms with Crippen molar-refractivity contribution in [3.8, 4) is 11.5 Å². The van der Waals surface area contributed by atoms with E-state index in [-0.39, 0.29) is 22.7 Å². The van der Waals surface area contributed by atoms with Gasteiger partial charge in [-0.2, -0.15) is 5.10 Å². The van der Waals surface area contributed by atoms with Gasteiger partial charge in [-0.3, -0.25) is 9.52 Å². The van der Waals surface area contributed by atoms with Gasteiger partial charge in [0.05, 0.1) is 24.3 Å². The van der Waals surface area contributed by atoms with Gasteiger partial charge in [0.2, 0.25) is 15.9 Å². The first kappa shape index (κ1) is 16.7. The van der Waals surface area contributed by atoms with Gasteiger partial charge in [-0.1, -0.05) is 0 Å². The van der Waals surface area contributed by atoms with E-state index in [1.54, 1.807) is 6.07 Å². The maximum Gasteiger partial charge on any atom is 0.248 e. The van der Waals surface area contributed by atoms with Crippen molar-refractivity contribution in [3.05, 3.63) is 54.1 Å². The zero-order chi connectivity index (χ0) is 18.2. The molecule has 3 aromatic rings. The monoisotopic (exact) mass is 364 g/mol. The molecule has 0 aliphatic carbocycles. The lowest BCUT2D eigenvalue weighted by molar-refractivity contribution is 0.1000. The Morgan fingerprint density at radius 1 is 1.28 bits per heavy atom. The topological polar surface area (TPSA) is 116 Å². The summed E-state index contributed by atoms with van der Waals surface area (Å²) in [5, 5.41) is 4.02. The second-order valence-corrected chi connectivity index (χ2v) is 6.99. The molecule has 0 atom stereocenters. The number of fused-ring (bicyclic) bond motifs is 1. The van der Waals surface area contributed by atoms with Gasteiger partial charge < -0.3 is 10.5 Å². The summed E-state index contributed by atoms with van der Waals surface area (Å²) < 4.78 is 46.2. The Bertz CT molecular complexity index is 1080. The van der Waals surface area contributed by atoms with Crippen LogP contribution in [0, 0.1) is 5.82 Å². The number of amides is 1. The number of primary amides is 1. The maximum absolute atomic E-state index is 14.1. The second kappa shape index (κ2) is 6.06. The quantitative estimate of drug-likeness (QED) is 0.715. The molecule has 0 fully saturated rings. The Kier molecular flexibility index (Phi) is 4.05. The highest BCUT2D eigenvalue weighted by atomic mass is 32.2. The van der Waals surface area contributed by atoms with Crippen LogP contribution >= 0.6 is 0 Å². The molecule has 10 heteroatoms.